The third kappa shape index (κ3) is 5.32. The van der Waals surface area contributed by atoms with Crippen molar-refractivity contribution in [2.45, 2.75) is 60.2 Å². The number of amides is 1. The van der Waals surface area contributed by atoms with Gasteiger partial charge in [-0.25, -0.2) is 9.67 Å². The Morgan fingerprint density at radius 3 is 2.67 bits per heavy atom. The molecule has 2 aromatic heterocycles. The Kier molecular flexibility index (Phi) is 7.69. The van der Waals surface area contributed by atoms with Gasteiger partial charge in [-0.3, -0.25) is 9.59 Å². The van der Waals surface area contributed by atoms with Crippen LogP contribution in [0.2, 0.25) is 10.0 Å². The van der Waals surface area contributed by atoms with Gasteiger partial charge in [-0.15, -0.1) is 0 Å². The van der Waals surface area contributed by atoms with Crippen molar-refractivity contribution in [3.05, 3.63) is 50.4 Å². The van der Waals surface area contributed by atoms with E-state index in [0.29, 0.717) is 29.0 Å². The SMILES string of the molecule is C[C@@H]1[C@@H](C)C(C)(C)[C@@H](C)C[C@H]1Nc1cnn(CC(=O)NCc2ccnc(F)c2Cl)c(=O)c1Cl. The number of anilines is 1. The molecule has 33 heavy (non-hydrogen) atoms. The molecule has 1 fully saturated rings. The number of nitrogens with one attached hydrogen (secondary N) is 2. The van der Waals surface area contributed by atoms with Crippen molar-refractivity contribution in [1.82, 2.24) is 20.1 Å². The van der Waals surface area contributed by atoms with Gasteiger partial charge in [0.1, 0.15) is 16.6 Å². The Bertz CT molecular complexity index is 1090. The average molecular weight is 498 g/mol. The number of pyridine rings is 1. The highest BCUT2D eigenvalue weighted by Crippen LogP contribution is 2.48. The van der Waals surface area contributed by atoms with E-state index in [9.17, 15) is 14.0 Å². The molecular formula is C23H30Cl2FN5O2. The molecule has 0 aromatic carbocycles. The second-order valence-electron chi connectivity index (χ2n) is 9.54. The summed E-state index contributed by atoms with van der Waals surface area (Å²) >= 11 is 12.2. The summed E-state index contributed by atoms with van der Waals surface area (Å²) in [6.07, 6.45) is 3.70. The van der Waals surface area contributed by atoms with E-state index >= 15 is 0 Å². The van der Waals surface area contributed by atoms with E-state index < -0.39 is 17.4 Å². The van der Waals surface area contributed by atoms with Gasteiger partial charge < -0.3 is 10.6 Å². The molecule has 0 spiro atoms. The van der Waals surface area contributed by atoms with Gasteiger partial charge in [0.15, 0.2) is 0 Å². The number of halogens is 3. The maximum atomic E-state index is 13.4. The highest BCUT2D eigenvalue weighted by atomic mass is 35.5. The monoisotopic (exact) mass is 497 g/mol. The number of nitrogens with zero attached hydrogens (tertiary/aromatic N) is 3. The van der Waals surface area contributed by atoms with Crippen LogP contribution in [0.1, 0.15) is 46.6 Å². The quantitative estimate of drug-likeness (QED) is 0.572. The summed E-state index contributed by atoms with van der Waals surface area (Å²) in [6, 6.07) is 1.66. The number of hydrogen-bond donors (Lipinski definition) is 2. The Balaban J connectivity index is 1.67. The smallest absolute Gasteiger partial charge is 0.288 e. The Morgan fingerprint density at radius 2 is 1.97 bits per heavy atom. The van der Waals surface area contributed by atoms with Crippen LogP contribution >= 0.6 is 23.2 Å². The minimum atomic E-state index is -0.809. The van der Waals surface area contributed by atoms with Crippen molar-refractivity contribution in [2.24, 2.45) is 23.2 Å². The molecule has 0 radical (unpaired) electrons. The van der Waals surface area contributed by atoms with Crippen LogP contribution < -0.4 is 16.2 Å². The molecule has 7 nitrogen and oxygen atoms in total. The second-order valence-corrected chi connectivity index (χ2v) is 10.3. The first-order valence-corrected chi connectivity index (χ1v) is 11.8. The Hall–Kier alpha value is -2.19. The lowest BCUT2D eigenvalue weighted by Gasteiger charge is -2.50. The van der Waals surface area contributed by atoms with Gasteiger partial charge in [-0.1, -0.05) is 57.8 Å². The molecule has 0 aliphatic heterocycles. The van der Waals surface area contributed by atoms with Crippen molar-refractivity contribution >= 4 is 34.8 Å². The van der Waals surface area contributed by atoms with Crippen LogP contribution in [0, 0.1) is 29.1 Å². The fourth-order valence-electron chi connectivity index (χ4n) is 4.42. The maximum absolute atomic E-state index is 13.4. The number of hydrogen-bond acceptors (Lipinski definition) is 5. The van der Waals surface area contributed by atoms with Crippen LogP contribution in [0.3, 0.4) is 0 Å². The summed E-state index contributed by atoms with van der Waals surface area (Å²) in [6.45, 7) is 11.0. The predicted octanol–water partition coefficient (Wildman–Crippen LogP) is 4.52. The Morgan fingerprint density at radius 1 is 1.27 bits per heavy atom. The van der Waals surface area contributed by atoms with Crippen molar-refractivity contribution in [1.29, 1.82) is 0 Å². The first kappa shape index (κ1) is 25.4. The summed E-state index contributed by atoms with van der Waals surface area (Å²) in [5.74, 6) is 0.0675. The summed E-state index contributed by atoms with van der Waals surface area (Å²) in [7, 11) is 0. The molecule has 2 aromatic rings. The molecule has 1 amide bonds. The van der Waals surface area contributed by atoms with Crippen molar-refractivity contribution in [3.8, 4) is 0 Å². The van der Waals surface area contributed by atoms with Crippen LogP contribution in [-0.2, 0) is 17.9 Å². The van der Waals surface area contributed by atoms with Gasteiger partial charge in [-0.05, 0) is 41.2 Å². The molecule has 1 saturated carbocycles. The molecule has 1 aliphatic rings. The summed E-state index contributed by atoms with van der Waals surface area (Å²) in [5, 5.41) is 9.96. The van der Waals surface area contributed by atoms with Gasteiger partial charge in [0, 0.05) is 18.8 Å². The molecule has 10 heteroatoms. The van der Waals surface area contributed by atoms with Crippen LogP contribution in [0.25, 0.3) is 0 Å². The zero-order valence-corrected chi connectivity index (χ0v) is 21.0. The molecule has 2 N–H and O–H groups in total. The summed E-state index contributed by atoms with van der Waals surface area (Å²) < 4.78 is 14.4. The van der Waals surface area contributed by atoms with Crippen molar-refractivity contribution < 1.29 is 9.18 Å². The molecule has 2 heterocycles. The van der Waals surface area contributed by atoms with Gasteiger partial charge in [0.05, 0.1) is 11.9 Å². The first-order chi connectivity index (χ1) is 15.4. The zero-order chi connectivity index (χ0) is 24.5. The largest absolute Gasteiger partial charge is 0.379 e. The minimum absolute atomic E-state index is 0.00520. The predicted molar refractivity (Wildman–Crippen MR) is 128 cm³/mol. The fraction of sp³-hybridized carbons (Fsp3) is 0.565. The number of carbonyl (C=O) groups is 1. The summed E-state index contributed by atoms with van der Waals surface area (Å²) in [4.78, 5) is 28.5. The van der Waals surface area contributed by atoms with E-state index in [-0.39, 0.29) is 34.6 Å². The van der Waals surface area contributed by atoms with E-state index in [1.54, 1.807) is 0 Å². The third-order valence-electron chi connectivity index (χ3n) is 7.50. The van der Waals surface area contributed by atoms with E-state index in [1.165, 1.54) is 18.5 Å². The van der Waals surface area contributed by atoms with Crippen LogP contribution in [0.4, 0.5) is 10.1 Å². The second kappa shape index (κ2) is 9.97. The molecule has 0 unspecified atom stereocenters. The zero-order valence-electron chi connectivity index (χ0n) is 19.5. The lowest BCUT2D eigenvalue weighted by molar-refractivity contribution is -0.122. The minimum Gasteiger partial charge on any atom is -0.379 e. The first-order valence-electron chi connectivity index (χ1n) is 11.0. The highest BCUT2D eigenvalue weighted by molar-refractivity contribution is 6.33. The standard InChI is InChI=1S/C23H30Cl2FN5O2/c1-12-8-16(13(2)14(3)23(12,4)5)30-17-10-29-31(22(33)20(17)25)11-18(32)28-9-15-6-7-27-21(26)19(15)24/h6-7,10,12-14,16,30H,8-9,11H2,1-5H3,(H,28,32)/t12-,13+,14+,16+/m0/s1. The molecule has 0 saturated heterocycles. The number of aromatic nitrogens is 3. The lowest BCUT2D eigenvalue weighted by atomic mass is 9.58. The van der Waals surface area contributed by atoms with Gasteiger partial charge in [0.25, 0.3) is 5.56 Å². The van der Waals surface area contributed by atoms with Gasteiger partial charge in [0.2, 0.25) is 11.9 Å². The van der Waals surface area contributed by atoms with E-state index in [1.807, 2.05) is 0 Å². The number of carbonyl (C=O) groups excluding carboxylic acids is 1. The number of rotatable bonds is 6. The molecule has 1 aliphatic carbocycles. The van der Waals surface area contributed by atoms with Crippen molar-refractivity contribution in [3.63, 3.8) is 0 Å². The highest BCUT2D eigenvalue weighted by Gasteiger charge is 2.43. The van der Waals surface area contributed by atoms with E-state index in [2.05, 4.69) is 55.3 Å². The topological polar surface area (TPSA) is 88.9 Å². The molecule has 3 rings (SSSR count). The van der Waals surface area contributed by atoms with Crippen LogP contribution in [0.15, 0.2) is 23.3 Å². The summed E-state index contributed by atoms with van der Waals surface area (Å²) in [5.41, 5.74) is 0.509. The Labute approximate surface area is 203 Å². The molecule has 4 atom stereocenters. The van der Waals surface area contributed by atoms with Gasteiger partial charge in [-0.2, -0.15) is 9.49 Å². The third-order valence-corrected chi connectivity index (χ3v) is 8.26. The fourth-order valence-corrected chi connectivity index (χ4v) is 4.80. The van der Waals surface area contributed by atoms with Crippen LogP contribution in [-0.4, -0.2) is 26.7 Å². The van der Waals surface area contributed by atoms with Gasteiger partial charge >= 0.3 is 0 Å². The molecule has 180 valence electrons. The van der Waals surface area contributed by atoms with E-state index in [4.69, 9.17) is 23.2 Å². The maximum Gasteiger partial charge on any atom is 0.288 e. The van der Waals surface area contributed by atoms with Crippen LogP contribution in [0.5, 0.6) is 0 Å². The van der Waals surface area contributed by atoms with E-state index in [0.717, 1.165) is 11.1 Å². The molecule has 0 bridgehead atoms. The average Bonchev–Trinajstić information content (AvgIpc) is 2.77. The lowest BCUT2D eigenvalue weighted by Crippen LogP contribution is -2.48. The normalized spacial score (nSPS) is 24.4. The molecular weight excluding hydrogens is 468 g/mol. The van der Waals surface area contributed by atoms with Crippen molar-refractivity contribution in [2.75, 3.05) is 5.32 Å².